The number of carbonyl (C=O) groups is 1. The Morgan fingerprint density at radius 3 is 2.76 bits per heavy atom. The van der Waals surface area contributed by atoms with Crippen molar-refractivity contribution < 1.29 is 9.18 Å². The van der Waals surface area contributed by atoms with Crippen molar-refractivity contribution in [3.05, 3.63) is 53.3 Å². The second-order valence-electron chi connectivity index (χ2n) is 3.18. The molecule has 0 aromatic carbocycles. The van der Waals surface area contributed by atoms with E-state index in [2.05, 4.69) is 15.3 Å². The Bertz CT molecular complexity index is 545. The van der Waals surface area contributed by atoms with Crippen molar-refractivity contribution in [2.24, 2.45) is 0 Å². The Balaban J connectivity index is 2.17. The summed E-state index contributed by atoms with van der Waals surface area (Å²) in [5.74, 6) is -1.00. The molecule has 0 fully saturated rings. The second kappa shape index (κ2) is 4.88. The number of hydrogen-bond acceptors (Lipinski definition) is 3. The molecule has 0 aliphatic heterocycles. The molecule has 0 spiro atoms. The van der Waals surface area contributed by atoms with Crippen LogP contribution < -0.4 is 5.32 Å². The third-order valence-electron chi connectivity index (χ3n) is 2.00. The summed E-state index contributed by atoms with van der Waals surface area (Å²) in [5.41, 5.74) is 0.690. The molecule has 0 radical (unpaired) electrons. The van der Waals surface area contributed by atoms with Crippen LogP contribution >= 0.6 is 11.6 Å². The molecule has 2 aromatic rings. The van der Waals surface area contributed by atoms with Crippen molar-refractivity contribution in [2.75, 3.05) is 5.32 Å². The molecule has 86 valence electrons. The summed E-state index contributed by atoms with van der Waals surface area (Å²) >= 11 is 5.81. The monoisotopic (exact) mass is 251 g/mol. The molecule has 6 heteroatoms. The van der Waals surface area contributed by atoms with Crippen LogP contribution in [0.15, 0.2) is 36.8 Å². The lowest BCUT2D eigenvalue weighted by Crippen LogP contribution is -2.12. The van der Waals surface area contributed by atoms with Crippen LogP contribution in [0, 0.1) is 5.95 Å². The van der Waals surface area contributed by atoms with E-state index in [1.807, 2.05) is 0 Å². The SMILES string of the molecule is O=C(Nc1ccc(F)nc1)c1ccncc1Cl. The van der Waals surface area contributed by atoms with Crippen molar-refractivity contribution >= 4 is 23.2 Å². The smallest absolute Gasteiger partial charge is 0.257 e. The van der Waals surface area contributed by atoms with Crippen molar-refractivity contribution in [3.63, 3.8) is 0 Å². The molecule has 0 bridgehead atoms. The van der Waals surface area contributed by atoms with Crippen LogP contribution in [0.4, 0.5) is 10.1 Å². The number of anilines is 1. The fourth-order valence-electron chi connectivity index (χ4n) is 1.21. The van der Waals surface area contributed by atoms with Gasteiger partial charge in [-0.1, -0.05) is 11.6 Å². The zero-order chi connectivity index (χ0) is 12.3. The van der Waals surface area contributed by atoms with Crippen molar-refractivity contribution in [2.45, 2.75) is 0 Å². The van der Waals surface area contributed by atoms with Gasteiger partial charge in [0, 0.05) is 12.4 Å². The number of amides is 1. The fraction of sp³-hybridized carbons (Fsp3) is 0. The number of rotatable bonds is 2. The van der Waals surface area contributed by atoms with Crippen LogP contribution in [-0.4, -0.2) is 15.9 Å². The summed E-state index contributed by atoms with van der Waals surface area (Å²) in [7, 11) is 0. The van der Waals surface area contributed by atoms with Gasteiger partial charge in [0.25, 0.3) is 5.91 Å². The van der Waals surface area contributed by atoms with Crippen LogP contribution in [0.5, 0.6) is 0 Å². The van der Waals surface area contributed by atoms with Crippen LogP contribution in [0.25, 0.3) is 0 Å². The Kier molecular flexibility index (Phi) is 3.30. The number of hydrogen-bond donors (Lipinski definition) is 1. The van der Waals surface area contributed by atoms with Crippen LogP contribution in [0.1, 0.15) is 10.4 Å². The minimum absolute atomic E-state index is 0.250. The van der Waals surface area contributed by atoms with Crippen LogP contribution in [0.3, 0.4) is 0 Å². The number of aromatic nitrogens is 2. The first-order valence-corrected chi connectivity index (χ1v) is 5.07. The van der Waals surface area contributed by atoms with E-state index >= 15 is 0 Å². The van der Waals surface area contributed by atoms with Gasteiger partial charge in [-0.05, 0) is 18.2 Å². The standard InChI is InChI=1S/C11H7ClFN3O/c12-9-6-14-4-3-8(9)11(17)16-7-1-2-10(13)15-5-7/h1-6H,(H,16,17). The van der Waals surface area contributed by atoms with Gasteiger partial charge in [0.2, 0.25) is 5.95 Å². The second-order valence-corrected chi connectivity index (χ2v) is 3.59. The highest BCUT2D eigenvalue weighted by molar-refractivity contribution is 6.34. The zero-order valence-corrected chi connectivity index (χ0v) is 9.28. The van der Waals surface area contributed by atoms with E-state index in [1.165, 1.54) is 30.7 Å². The van der Waals surface area contributed by atoms with Gasteiger partial charge in [-0.2, -0.15) is 4.39 Å². The summed E-state index contributed by atoms with van der Waals surface area (Å²) in [6.07, 6.45) is 4.06. The van der Waals surface area contributed by atoms with Crippen molar-refractivity contribution in [1.29, 1.82) is 0 Å². The highest BCUT2D eigenvalue weighted by atomic mass is 35.5. The van der Waals surface area contributed by atoms with Crippen LogP contribution in [-0.2, 0) is 0 Å². The third-order valence-corrected chi connectivity index (χ3v) is 2.30. The molecule has 0 atom stereocenters. The van der Waals surface area contributed by atoms with E-state index in [9.17, 15) is 9.18 Å². The van der Waals surface area contributed by atoms with E-state index in [0.29, 0.717) is 11.3 Å². The van der Waals surface area contributed by atoms with Gasteiger partial charge in [-0.15, -0.1) is 0 Å². The molecule has 2 rings (SSSR count). The highest BCUT2D eigenvalue weighted by Gasteiger charge is 2.10. The summed E-state index contributed by atoms with van der Waals surface area (Å²) in [5, 5.41) is 2.80. The highest BCUT2D eigenvalue weighted by Crippen LogP contribution is 2.15. The first-order valence-electron chi connectivity index (χ1n) is 4.69. The van der Waals surface area contributed by atoms with E-state index in [4.69, 9.17) is 11.6 Å². The fourth-order valence-corrected chi connectivity index (χ4v) is 1.41. The number of nitrogens with one attached hydrogen (secondary N) is 1. The molecular formula is C11H7ClFN3O. The molecule has 2 heterocycles. The normalized spacial score (nSPS) is 10.0. The largest absolute Gasteiger partial charge is 0.321 e. The Labute approximate surface area is 101 Å². The lowest BCUT2D eigenvalue weighted by Gasteiger charge is -2.05. The quantitative estimate of drug-likeness (QED) is 0.835. The van der Waals surface area contributed by atoms with Gasteiger partial charge < -0.3 is 5.32 Å². The third kappa shape index (κ3) is 2.76. The molecule has 1 amide bonds. The summed E-state index contributed by atoms with van der Waals surface area (Å²) in [4.78, 5) is 19.0. The van der Waals surface area contributed by atoms with Gasteiger partial charge in [-0.3, -0.25) is 9.78 Å². The first kappa shape index (κ1) is 11.5. The maximum absolute atomic E-state index is 12.6. The average Bonchev–Trinajstić information content (AvgIpc) is 2.32. The molecule has 0 saturated carbocycles. The van der Waals surface area contributed by atoms with Gasteiger partial charge >= 0.3 is 0 Å². The molecule has 2 aromatic heterocycles. The van der Waals surface area contributed by atoms with Gasteiger partial charge in [0.15, 0.2) is 0 Å². The number of nitrogens with zero attached hydrogens (tertiary/aromatic N) is 2. The summed E-state index contributed by atoms with van der Waals surface area (Å²) < 4.78 is 12.6. The van der Waals surface area contributed by atoms with Gasteiger partial charge in [-0.25, -0.2) is 4.98 Å². The average molecular weight is 252 g/mol. The summed E-state index contributed by atoms with van der Waals surface area (Å²) in [6.45, 7) is 0. The maximum atomic E-state index is 12.6. The predicted octanol–water partition coefficient (Wildman–Crippen LogP) is 2.52. The van der Waals surface area contributed by atoms with Gasteiger partial charge in [0.1, 0.15) is 0 Å². The minimum atomic E-state index is -0.607. The van der Waals surface area contributed by atoms with Gasteiger partial charge in [0.05, 0.1) is 22.5 Å². The Morgan fingerprint density at radius 2 is 2.12 bits per heavy atom. The lowest BCUT2D eigenvalue weighted by atomic mass is 10.2. The van der Waals surface area contributed by atoms with E-state index in [1.54, 1.807) is 0 Å². The lowest BCUT2D eigenvalue weighted by molar-refractivity contribution is 0.102. The maximum Gasteiger partial charge on any atom is 0.257 e. The molecule has 0 unspecified atom stereocenters. The molecular weight excluding hydrogens is 245 g/mol. The van der Waals surface area contributed by atoms with Crippen LogP contribution in [0.2, 0.25) is 5.02 Å². The molecule has 1 N–H and O–H groups in total. The molecule has 0 aliphatic carbocycles. The summed E-state index contributed by atoms with van der Waals surface area (Å²) in [6, 6.07) is 4.06. The zero-order valence-electron chi connectivity index (χ0n) is 8.52. The van der Waals surface area contributed by atoms with E-state index < -0.39 is 11.9 Å². The van der Waals surface area contributed by atoms with E-state index in [0.717, 1.165) is 6.07 Å². The Morgan fingerprint density at radius 1 is 1.29 bits per heavy atom. The molecule has 17 heavy (non-hydrogen) atoms. The molecule has 0 saturated heterocycles. The van der Waals surface area contributed by atoms with E-state index in [-0.39, 0.29) is 5.02 Å². The Hall–Kier alpha value is -2.01. The number of carbonyl (C=O) groups excluding carboxylic acids is 1. The number of pyridine rings is 2. The molecule has 0 aliphatic rings. The van der Waals surface area contributed by atoms with Crippen molar-refractivity contribution in [1.82, 2.24) is 9.97 Å². The van der Waals surface area contributed by atoms with Crippen molar-refractivity contribution in [3.8, 4) is 0 Å². The predicted molar refractivity (Wildman–Crippen MR) is 61.4 cm³/mol. The minimum Gasteiger partial charge on any atom is -0.321 e. The first-order chi connectivity index (χ1) is 8.16. The molecule has 4 nitrogen and oxygen atoms in total. The topological polar surface area (TPSA) is 54.9 Å². The number of halogens is 2.